The number of aromatic nitrogens is 6. The largest absolute Gasteiger partial charge is 0.408 e. The molecule has 0 spiro atoms. The average Bonchev–Trinajstić information content (AvgIpc) is 3.46. The minimum absolute atomic E-state index is 0.0121. The summed E-state index contributed by atoms with van der Waals surface area (Å²) in [6.07, 6.45) is -1.21. The third-order valence-corrected chi connectivity index (χ3v) is 6.23. The van der Waals surface area contributed by atoms with E-state index in [-0.39, 0.29) is 23.2 Å². The van der Waals surface area contributed by atoms with Crippen LogP contribution in [0.5, 0.6) is 0 Å². The Morgan fingerprint density at radius 3 is 2.74 bits per heavy atom. The van der Waals surface area contributed by atoms with Crippen LogP contribution in [0.15, 0.2) is 36.8 Å². The van der Waals surface area contributed by atoms with Gasteiger partial charge in [0.05, 0.1) is 11.6 Å². The third kappa shape index (κ3) is 5.90. The predicted molar refractivity (Wildman–Crippen MR) is 132 cm³/mol. The summed E-state index contributed by atoms with van der Waals surface area (Å²) < 4.78 is 66.5. The highest BCUT2D eigenvalue weighted by Crippen LogP contribution is 2.35. The Balaban J connectivity index is 1.50. The van der Waals surface area contributed by atoms with Crippen LogP contribution in [0, 0.1) is 11.3 Å². The van der Waals surface area contributed by atoms with Crippen LogP contribution in [0.4, 0.5) is 39.3 Å². The Morgan fingerprint density at radius 1 is 1.21 bits per heavy atom. The molecular weight excluding hydrogens is 523 g/mol. The molecule has 1 aliphatic heterocycles. The van der Waals surface area contributed by atoms with Crippen molar-refractivity contribution < 1.29 is 22.0 Å². The monoisotopic (exact) mass is 546 g/mol. The van der Waals surface area contributed by atoms with Crippen LogP contribution < -0.4 is 16.0 Å². The van der Waals surface area contributed by atoms with Crippen molar-refractivity contribution in [3.8, 4) is 17.2 Å². The van der Waals surface area contributed by atoms with Gasteiger partial charge in [-0.3, -0.25) is 4.68 Å². The zero-order valence-electron chi connectivity index (χ0n) is 20.4. The molecule has 0 aromatic carbocycles. The van der Waals surface area contributed by atoms with E-state index in [4.69, 9.17) is 5.73 Å². The average molecular weight is 547 g/mol. The van der Waals surface area contributed by atoms with Crippen LogP contribution in [-0.4, -0.2) is 61.3 Å². The van der Waals surface area contributed by atoms with E-state index in [2.05, 4.69) is 25.5 Å². The van der Waals surface area contributed by atoms with Gasteiger partial charge in [0, 0.05) is 54.4 Å². The Kier molecular flexibility index (Phi) is 7.04. The zero-order chi connectivity index (χ0) is 27.7. The van der Waals surface area contributed by atoms with Crippen molar-refractivity contribution >= 4 is 28.4 Å². The number of alkyl halides is 5. The SMILES string of the molecule is N#Cc1nn(CC(F)F)c2nc(Nc3cc(N4CCC[C@H](N)C4)c(-c4cnn(CC(F)(F)F)c4)cn3)ccc12. The number of anilines is 3. The molecule has 0 aliphatic carbocycles. The van der Waals surface area contributed by atoms with E-state index in [0.29, 0.717) is 41.1 Å². The molecule has 1 saturated heterocycles. The Hall–Kier alpha value is -4.32. The van der Waals surface area contributed by atoms with Crippen molar-refractivity contribution in [1.82, 2.24) is 29.5 Å². The third-order valence-electron chi connectivity index (χ3n) is 6.23. The molecule has 0 bridgehead atoms. The molecule has 5 rings (SSSR count). The molecule has 1 atom stereocenters. The second-order valence-corrected chi connectivity index (χ2v) is 9.20. The quantitative estimate of drug-likeness (QED) is 0.333. The molecule has 0 saturated carbocycles. The highest BCUT2D eigenvalue weighted by atomic mass is 19.4. The van der Waals surface area contributed by atoms with Gasteiger partial charge in [0.1, 0.15) is 30.8 Å². The van der Waals surface area contributed by atoms with Gasteiger partial charge >= 0.3 is 6.18 Å². The first-order valence-corrected chi connectivity index (χ1v) is 12.0. The summed E-state index contributed by atoms with van der Waals surface area (Å²) in [4.78, 5) is 10.8. The molecule has 4 aromatic heterocycles. The fourth-order valence-corrected chi connectivity index (χ4v) is 4.59. The molecule has 5 heterocycles. The number of nitriles is 1. The van der Waals surface area contributed by atoms with Crippen molar-refractivity contribution in [2.75, 3.05) is 23.3 Å². The van der Waals surface area contributed by atoms with Gasteiger partial charge in [0.15, 0.2) is 11.3 Å². The molecule has 204 valence electrons. The van der Waals surface area contributed by atoms with E-state index >= 15 is 0 Å². The molecule has 1 fully saturated rings. The smallest absolute Gasteiger partial charge is 0.369 e. The van der Waals surface area contributed by atoms with Crippen LogP contribution in [0.2, 0.25) is 0 Å². The summed E-state index contributed by atoms with van der Waals surface area (Å²) >= 11 is 0. The lowest BCUT2D eigenvalue weighted by atomic mass is 10.0. The number of rotatable bonds is 7. The molecule has 39 heavy (non-hydrogen) atoms. The predicted octanol–water partition coefficient (Wildman–Crippen LogP) is 4.06. The lowest BCUT2D eigenvalue weighted by Crippen LogP contribution is -2.43. The molecule has 0 radical (unpaired) electrons. The van der Waals surface area contributed by atoms with Crippen LogP contribution in [-0.2, 0) is 13.1 Å². The van der Waals surface area contributed by atoms with Crippen molar-refractivity contribution in [2.45, 2.75) is 44.6 Å². The molecule has 0 amide bonds. The second kappa shape index (κ2) is 10.4. The van der Waals surface area contributed by atoms with Gasteiger partial charge in [0.25, 0.3) is 6.43 Å². The van der Waals surface area contributed by atoms with Gasteiger partial charge in [-0.25, -0.2) is 23.4 Å². The summed E-state index contributed by atoms with van der Waals surface area (Å²) in [6.45, 7) is -0.702. The molecule has 1 aliphatic rings. The summed E-state index contributed by atoms with van der Waals surface area (Å²) in [5, 5.41) is 20.5. The highest BCUT2D eigenvalue weighted by Gasteiger charge is 2.29. The summed E-state index contributed by atoms with van der Waals surface area (Å²) in [5.74, 6) is 0.643. The number of halogens is 5. The lowest BCUT2D eigenvalue weighted by molar-refractivity contribution is -0.142. The van der Waals surface area contributed by atoms with Gasteiger partial charge < -0.3 is 16.0 Å². The van der Waals surface area contributed by atoms with Crippen LogP contribution in [0.25, 0.3) is 22.2 Å². The number of piperidine rings is 1. The Morgan fingerprint density at radius 2 is 2.03 bits per heavy atom. The van der Waals surface area contributed by atoms with E-state index in [1.165, 1.54) is 18.6 Å². The topological polar surface area (TPSA) is 126 Å². The number of pyridine rings is 2. The standard InChI is InChI=1S/C24H23F5N10/c25-20(26)12-39-23-16(18(7-30)36-39)3-4-21(35-23)34-22-6-19(37-5-1-2-15(31)11-37)17(9-32-22)14-8-33-38(10-14)13-24(27,28)29/h3-4,6,8-10,15,20H,1-2,5,11-13,31H2,(H,32,34,35)/t15-/m0/s1. The van der Waals surface area contributed by atoms with Crippen molar-refractivity contribution in [2.24, 2.45) is 5.73 Å². The van der Waals surface area contributed by atoms with Crippen molar-refractivity contribution in [3.63, 3.8) is 0 Å². The zero-order valence-corrected chi connectivity index (χ0v) is 20.4. The fourth-order valence-electron chi connectivity index (χ4n) is 4.59. The van der Waals surface area contributed by atoms with Gasteiger partial charge in [0.2, 0.25) is 0 Å². The molecule has 4 aromatic rings. The minimum atomic E-state index is -4.41. The van der Waals surface area contributed by atoms with E-state index in [1.807, 2.05) is 11.0 Å². The number of fused-ring (bicyclic) bond motifs is 1. The van der Waals surface area contributed by atoms with Gasteiger partial charge in [-0.15, -0.1) is 0 Å². The first kappa shape index (κ1) is 26.3. The number of nitrogens with two attached hydrogens (primary N) is 1. The summed E-state index contributed by atoms with van der Waals surface area (Å²) in [6, 6.07) is 6.68. The summed E-state index contributed by atoms with van der Waals surface area (Å²) in [7, 11) is 0. The van der Waals surface area contributed by atoms with E-state index in [9.17, 15) is 27.2 Å². The number of hydrogen-bond donors (Lipinski definition) is 2. The Labute approximate surface area is 218 Å². The number of nitrogens with one attached hydrogen (secondary N) is 1. The molecular formula is C24H23F5N10. The second-order valence-electron chi connectivity index (χ2n) is 9.20. The summed E-state index contributed by atoms with van der Waals surface area (Å²) in [5.41, 5.74) is 8.05. The highest BCUT2D eigenvalue weighted by molar-refractivity contribution is 5.84. The minimum Gasteiger partial charge on any atom is -0.369 e. The van der Waals surface area contributed by atoms with Crippen LogP contribution in [0.3, 0.4) is 0 Å². The number of hydrogen-bond acceptors (Lipinski definition) is 8. The molecule has 10 nitrogen and oxygen atoms in total. The fraction of sp³-hybridized carbons (Fsp3) is 0.375. The van der Waals surface area contributed by atoms with E-state index in [1.54, 1.807) is 18.2 Å². The molecule has 0 unspecified atom stereocenters. The van der Waals surface area contributed by atoms with Crippen molar-refractivity contribution in [3.05, 3.63) is 42.5 Å². The maximum absolute atomic E-state index is 13.0. The van der Waals surface area contributed by atoms with Crippen LogP contribution in [0.1, 0.15) is 18.5 Å². The maximum Gasteiger partial charge on any atom is 0.408 e. The van der Waals surface area contributed by atoms with E-state index in [0.717, 1.165) is 22.2 Å². The van der Waals surface area contributed by atoms with Gasteiger partial charge in [-0.05, 0) is 25.0 Å². The maximum atomic E-state index is 13.0. The first-order valence-electron chi connectivity index (χ1n) is 12.0. The van der Waals surface area contributed by atoms with Gasteiger partial charge in [-0.2, -0.15) is 28.6 Å². The normalized spacial score (nSPS) is 16.2. The molecule has 15 heteroatoms. The Bertz CT molecular complexity index is 1520. The van der Waals surface area contributed by atoms with Crippen molar-refractivity contribution in [1.29, 1.82) is 5.26 Å². The lowest BCUT2D eigenvalue weighted by Gasteiger charge is -2.34. The van der Waals surface area contributed by atoms with E-state index < -0.39 is 25.7 Å². The first-order chi connectivity index (χ1) is 18.6. The molecule has 3 N–H and O–H groups in total. The number of nitrogens with zero attached hydrogens (tertiary/aromatic N) is 8. The van der Waals surface area contributed by atoms with Gasteiger partial charge in [-0.1, -0.05) is 0 Å². The van der Waals surface area contributed by atoms with Crippen LogP contribution >= 0.6 is 0 Å².